The summed E-state index contributed by atoms with van der Waals surface area (Å²) in [6, 6.07) is 1.80. The van der Waals surface area contributed by atoms with Gasteiger partial charge in [0, 0.05) is 10.4 Å². The van der Waals surface area contributed by atoms with Crippen molar-refractivity contribution in [3.63, 3.8) is 0 Å². The molecule has 0 aromatic carbocycles. The van der Waals surface area contributed by atoms with Gasteiger partial charge in [-0.25, -0.2) is 4.98 Å². The predicted octanol–water partition coefficient (Wildman–Crippen LogP) is 1.41. The van der Waals surface area contributed by atoms with Crippen LogP contribution in [0.2, 0.25) is 0 Å². The summed E-state index contributed by atoms with van der Waals surface area (Å²) in [5, 5.41) is 8.06. The molecule has 0 saturated heterocycles. The number of carbonyl (C=O) groups is 1. The normalized spacial score (nSPS) is 10.2. The smallest absolute Gasteiger partial charge is 0.230 e. The van der Waals surface area contributed by atoms with Crippen molar-refractivity contribution in [2.75, 3.05) is 0 Å². The third kappa shape index (κ3) is 1.38. The molecule has 0 aliphatic rings. The minimum Gasteiger partial charge on any atom is -0.285 e. The first-order chi connectivity index (χ1) is 6.29. The average molecular weight is 193 g/mol. The number of H-pyrrole nitrogens is 1. The average Bonchev–Trinajstić information content (AvgIpc) is 2.72. The number of carbonyl (C=O) groups excluding carboxylic acids is 1. The van der Waals surface area contributed by atoms with Gasteiger partial charge in [0.05, 0.1) is 0 Å². The molecule has 4 nitrogen and oxygen atoms in total. The monoisotopic (exact) mass is 193 g/mol. The van der Waals surface area contributed by atoms with Crippen molar-refractivity contribution >= 4 is 17.1 Å². The van der Waals surface area contributed by atoms with E-state index in [9.17, 15) is 4.79 Å². The Morgan fingerprint density at radius 2 is 2.46 bits per heavy atom. The molecule has 1 N–H and O–H groups in total. The number of hydrogen-bond acceptors (Lipinski definition) is 4. The molecule has 0 fully saturated rings. The molecule has 0 radical (unpaired) electrons. The van der Waals surface area contributed by atoms with Gasteiger partial charge in [-0.05, 0) is 18.4 Å². The molecule has 66 valence electrons. The highest BCUT2D eigenvalue weighted by atomic mass is 32.1. The Morgan fingerprint density at radius 3 is 3.00 bits per heavy atom. The van der Waals surface area contributed by atoms with E-state index in [2.05, 4.69) is 15.2 Å². The number of hydrogen-bond donors (Lipinski definition) is 1. The summed E-state index contributed by atoms with van der Waals surface area (Å²) in [5.74, 6) is 0.192. The van der Waals surface area contributed by atoms with E-state index in [1.807, 2.05) is 12.3 Å². The van der Waals surface area contributed by atoms with Crippen LogP contribution in [0, 0.1) is 6.92 Å². The number of ketones is 1. The van der Waals surface area contributed by atoms with Gasteiger partial charge in [-0.1, -0.05) is 0 Å². The van der Waals surface area contributed by atoms with Crippen LogP contribution in [0.1, 0.15) is 21.1 Å². The van der Waals surface area contributed by atoms with Crippen molar-refractivity contribution < 1.29 is 4.79 Å². The van der Waals surface area contributed by atoms with Crippen molar-refractivity contribution in [3.05, 3.63) is 34.0 Å². The number of thiophene rings is 1. The van der Waals surface area contributed by atoms with Crippen LogP contribution < -0.4 is 0 Å². The maximum Gasteiger partial charge on any atom is 0.230 e. The fraction of sp³-hybridized carbons (Fsp3) is 0.125. The Kier molecular flexibility index (Phi) is 1.94. The van der Waals surface area contributed by atoms with Gasteiger partial charge in [-0.2, -0.15) is 5.10 Å². The number of nitrogens with zero attached hydrogens (tertiary/aromatic N) is 2. The molecule has 0 amide bonds. The zero-order chi connectivity index (χ0) is 9.26. The lowest BCUT2D eigenvalue weighted by Crippen LogP contribution is -2.03. The second-order valence-corrected chi connectivity index (χ2v) is 3.67. The summed E-state index contributed by atoms with van der Waals surface area (Å²) < 4.78 is 0. The third-order valence-corrected chi connectivity index (χ3v) is 2.58. The SMILES string of the molecule is Cc1sccc1C(=O)c1ncn[nH]1. The molecule has 13 heavy (non-hydrogen) atoms. The molecule has 0 spiro atoms. The van der Waals surface area contributed by atoms with Gasteiger partial charge in [-0.15, -0.1) is 11.3 Å². The molecule has 0 atom stereocenters. The maximum atomic E-state index is 11.7. The van der Waals surface area contributed by atoms with Crippen LogP contribution in [0.15, 0.2) is 17.8 Å². The fourth-order valence-corrected chi connectivity index (χ4v) is 1.76. The Hall–Kier alpha value is -1.49. The Balaban J connectivity index is 2.39. The van der Waals surface area contributed by atoms with Crippen LogP contribution in [0.5, 0.6) is 0 Å². The van der Waals surface area contributed by atoms with Crippen LogP contribution in [-0.4, -0.2) is 21.0 Å². The van der Waals surface area contributed by atoms with Crippen molar-refractivity contribution in [1.29, 1.82) is 0 Å². The van der Waals surface area contributed by atoms with Gasteiger partial charge >= 0.3 is 0 Å². The molecule has 2 aromatic rings. The van der Waals surface area contributed by atoms with Gasteiger partial charge in [-0.3, -0.25) is 9.89 Å². The minimum absolute atomic E-state index is 0.101. The van der Waals surface area contributed by atoms with Gasteiger partial charge in [0.1, 0.15) is 6.33 Å². The Labute approximate surface area is 78.6 Å². The molecule has 2 aromatic heterocycles. The highest BCUT2D eigenvalue weighted by molar-refractivity contribution is 7.10. The summed E-state index contributed by atoms with van der Waals surface area (Å²) in [5.41, 5.74) is 0.696. The summed E-state index contributed by atoms with van der Waals surface area (Å²) in [6.45, 7) is 1.91. The van der Waals surface area contributed by atoms with Gasteiger partial charge in [0.15, 0.2) is 5.82 Å². The fourth-order valence-electron chi connectivity index (χ4n) is 1.06. The molecule has 0 aliphatic carbocycles. The third-order valence-electron chi connectivity index (χ3n) is 1.73. The summed E-state index contributed by atoms with van der Waals surface area (Å²) >= 11 is 1.55. The highest BCUT2D eigenvalue weighted by Crippen LogP contribution is 2.17. The van der Waals surface area contributed by atoms with Crippen LogP contribution in [0.3, 0.4) is 0 Å². The number of aryl methyl sites for hydroxylation is 1. The number of nitrogens with one attached hydrogen (secondary N) is 1. The molecular weight excluding hydrogens is 186 g/mol. The standard InChI is InChI=1S/C8H7N3OS/c1-5-6(2-3-13-5)7(12)8-9-4-10-11-8/h2-4H,1H3,(H,9,10,11). The topological polar surface area (TPSA) is 58.6 Å². The molecule has 0 aliphatic heterocycles. The molecule has 5 heteroatoms. The van der Waals surface area contributed by atoms with Crippen LogP contribution >= 0.6 is 11.3 Å². The van der Waals surface area contributed by atoms with E-state index in [0.717, 1.165) is 4.88 Å². The molecule has 0 bridgehead atoms. The second-order valence-electron chi connectivity index (χ2n) is 2.55. The van der Waals surface area contributed by atoms with E-state index < -0.39 is 0 Å². The maximum absolute atomic E-state index is 11.7. The van der Waals surface area contributed by atoms with Crippen molar-refractivity contribution in [2.24, 2.45) is 0 Å². The zero-order valence-corrected chi connectivity index (χ0v) is 7.76. The van der Waals surface area contributed by atoms with Crippen molar-refractivity contribution in [2.45, 2.75) is 6.92 Å². The largest absolute Gasteiger partial charge is 0.285 e. The molecule has 2 heterocycles. The summed E-state index contributed by atoms with van der Waals surface area (Å²) in [6.07, 6.45) is 1.33. The number of aromatic nitrogens is 3. The van der Waals surface area contributed by atoms with Crippen molar-refractivity contribution in [3.8, 4) is 0 Å². The van der Waals surface area contributed by atoms with Gasteiger partial charge < -0.3 is 0 Å². The van der Waals surface area contributed by atoms with E-state index in [1.54, 1.807) is 17.4 Å². The Bertz CT molecular complexity index is 418. The molecule has 0 saturated carbocycles. The Morgan fingerprint density at radius 1 is 1.62 bits per heavy atom. The first-order valence-electron chi connectivity index (χ1n) is 3.73. The van der Waals surface area contributed by atoms with Crippen LogP contribution in [0.4, 0.5) is 0 Å². The first-order valence-corrected chi connectivity index (χ1v) is 4.61. The second kappa shape index (κ2) is 3.10. The van der Waals surface area contributed by atoms with E-state index in [4.69, 9.17) is 0 Å². The van der Waals surface area contributed by atoms with E-state index >= 15 is 0 Å². The minimum atomic E-state index is -0.101. The first kappa shape index (κ1) is 8.12. The lowest BCUT2D eigenvalue weighted by Gasteiger charge is -1.93. The molecular formula is C8H7N3OS. The number of aromatic amines is 1. The quantitative estimate of drug-likeness (QED) is 0.733. The molecule has 2 rings (SSSR count). The van der Waals surface area contributed by atoms with Crippen LogP contribution in [0.25, 0.3) is 0 Å². The van der Waals surface area contributed by atoms with E-state index in [-0.39, 0.29) is 5.78 Å². The van der Waals surface area contributed by atoms with Gasteiger partial charge in [0.2, 0.25) is 5.78 Å². The summed E-state index contributed by atoms with van der Waals surface area (Å²) in [4.78, 5) is 16.5. The van der Waals surface area contributed by atoms with Gasteiger partial charge in [0.25, 0.3) is 0 Å². The molecule has 0 unspecified atom stereocenters. The zero-order valence-electron chi connectivity index (χ0n) is 6.94. The highest BCUT2D eigenvalue weighted by Gasteiger charge is 2.14. The number of rotatable bonds is 2. The summed E-state index contributed by atoms with van der Waals surface area (Å²) in [7, 11) is 0. The predicted molar refractivity (Wildman–Crippen MR) is 48.9 cm³/mol. The van der Waals surface area contributed by atoms with Crippen molar-refractivity contribution in [1.82, 2.24) is 15.2 Å². The van der Waals surface area contributed by atoms with Crippen LogP contribution in [-0.2, 0) is 0 Å². The van der Waals surface area contributed by atoms with E-state index in [0.29, 0.717) is 11.4 Å². The lowest BCUT2D eigenvalue weighted by atomic mass is 10.2. The lowest BCUT2D eigenvalue weighted by molar-refractivity contribution is 0.103. The van der Waals surface area contributed by atoms with E-state index in [1.165, 1.54) is 6.33 Å².